The molecule has 1 aliphatic carbocycles. The van der Waals surface area contributed by atoms with E-state index in [0.29, 0.717) is 17.5 Å². The van der Waals surface area contributed by atoms with Gasteiger partial charge in [-0.3, -0.25) is 0 Å². The molecule has 1 amide bonds. The molecule has 1 aromatic carbocycles. The molecule has 1 aromatic heterocycles. The molecule has 28 heavy (non-hydrogen) atoms. The Morgan fingerprint density at radius 2 is 2.32 bits per heavy atom. The highest BCUT2D eigenvalue weighted by Gasteiger charge is 2.47. The minimum Gasteiger partial charge on any atom is -0.441 e. The second kappa shape index (κ2) is 7.46. The van der Waals surface area contributed by atoms with Crippen LogP contribution in [0, 0.1) is 18.4 Å². The molecule has 4 rings (SSSR count). The average molecular weight is 380 g/mol. The van der Waals surface area contributed by atoms with Gasteiger partial charge in [0.15, 0.2) is 5.69 Å². The third-order valence-corrected chi connectivity index (χ3v) is 6.36. The summed E-state index contributed by atoms with van der Waals surface area (Å²) < 4.78 is 8.10. The first-order chi connectivity index (χ1) is 13.5. The maximum atomic E-state index is 12.4. The fourth-order valence-electron chi connectivity index (χ4n) is 4.71. The van der Waals surface area contributed by atoms with Gasteiger partial charge in [0.2, 0.25) is 0 Å². The number of aromatic nitrogens is 2. The summed E-state index contributed by atoms with van der Waals surface area (Å²) in [7, 11) is 0. The van der Waals surface area contributed by atoms with Gasteiger partial charge in [-0.15, -0.1) is 0 Å². The predicted molar refractivity (Wildman–Crippen MR) is 108 cm³/mol. The molecule has 0 bridgehead atoms. The molecule has 3 atom stereocenters. The van der Waals surface area contributed by atoms with Crippen molar-refractivity contribution in [2.75, 3.05) is 13.1 Å². The van der Waals surface area contributed by atoms with Crippen molar-refractivity contribution in [2.45, 2.75) is 58.1 Å². The second-order valence-corrected chi connectivity index (χ2v) is 8.59. The normalized spacial score (nSPS) is 25.8. The molecule has 0 N–H and O–H groups in total. The monoisotopic (exact) mass is 380 g/mol. The van der Waals surface area contributed by atoms with E-state index in [1.165, 1.54) is 0 Å². The molecule has 1 spiro atoms. The van der Waals surface area contributed by atoms with Crippen molar-refractivity contribution >= 4 is 22.8 Å². The number of imidazole rings is 1. The number of benzene rings is 1. The molecule has 0 radical (unpaired) electrons. The first kappa shape index (κ1) is 18.8. The summed E-state index contributed by atoms with van der Waals surface area (Å²) in [6.45, 7) is 13.9. The molecule has 1 aliphatic heterocycles. The Hall–Kier alpha value is -2.55. The zero-order valence-electron chi connectivity index (χ0n) is 16.7. The van der Waals surface area contributed by atoms with E-state index < -0.39 is 0 Å². The quantitative estimate of drug-likeness (QED) is 0.685. The molecule has 1 saturated carbocycles. The van der Waals surface area contributed by atoms with Gasteiger partial charge in [0.05, 0.1) is 30.5 Å². The predicted octanol–water partition coefficient (Wildman–Crippen LogP) is 5.01. The molecule has 6 nitrogen and oxygen atoms in total. The second-order valence-electron chi connectivity index (χ2n) is 8.59. The highest BCUT2D eigenvalue weighted by Crippen LogP contribution is 2.41. The third kappa shape index (κ3) is 3.58. The number of rotatable bonds is 5. The van der Waals surface area contributed by atoms with Crippen molar-refractivity contribution in [3.8, 4) is 0 Å². The molecule has 2 fully saturated rings. The van der Waals surface area contributed by atoms with E-state index in [0.717, 1.165) is 62.8 Å². The zero-order valence-corrected chi connectivity index (χ0v) is 16.7. The lowest BCUT2D eigenvalue weighted by molar-refractivity contribution is 0.00414. The van der Waals surface area contributed by atoms with Gasteiger partial charge in [-0.05, 0) is 49.7 Å². The fraction of sp³-hybridized carbons (Fsp3) is 0.591. The standard InChI is InChI=1S/C22H28N4O2/c1-4-16(2)12-25-14-22(28-21(25)27)9-5-6-17(11-22)13-26-15-24-19-8-7-18(23-3)10-20(19)26/h7-8,10,15-17H,4-6,9,11-14H2,1-2H3/t16?,17-,22-/m0/s1. The molecule has 148 valence electrons. The summed E-state index contributed by atoms with van der Waals surface area (Å²) in [4.78, 5) is 22.4. The van der Waals surface area contributed by atoms with Crippen LogP contribution in [-0.2, 0) is 11.3 Å². The molecule has 1 unspecified atom stereocenters. The van der Waals surface area contributed by atoms with Gasteiger partial charge in [-0.1, -0.05) is 26.3 Å². The number of carbonyl (C=O) groups excluding carboxylic acids is 1. The Balaban J connectivity index is 1.48. The molecular formula is C22H28N4O2. The van der Waals surface area contributed by atoms with Crippen LogP contribution in [0.15, 0.2) is 24.5 Å². The molecule has 1 saturated heterocycles. The largest absolute Gasteiger partial charge is 0.441 e. The smallest absolute Gasteiger partial charge is 0.410 e. The number of nitrogens with zero attached hydrogens (tertiary/aromatic N) is 4. The Labute approximate surface area is 166 Å². The van der Waals surface area contributed by atoms with Crippen molar-refractivity contribution in [1.82, 2.24) is 14.5 Å². The van der Waals surface area contributed by atoms with Crippen LogP contribution in [0.3, 0.4) is 0 Å². The Morgan fingerprint density at radius 3 is 3.11 bits per heavy atom. The lowest BCUT2D eigenvalue weighted by Gasteiger charge is -2.36. The average Bonchev–Trinajstić information content (AvgIpc) is 3.22. The van der Waals surface area contributed by atoms with Crippen molar-refractivity contribution in [3.05, 3.63) is 35.9 Å². The SMILES string of the molecule is [C-]#[N+]c1ccc2ncn(C[C@H]3CCC[C@]4(C3)CN(CC(C)CC)C(=O)O4)c2c1. The van der Waals surface area contributed by atoms with Gasteiger partial charge in [-0.2, -0.15) is 0 Å². The number of hydrogen-bond acceptors (Lipinski definition) is 3. The Bertz CT molecular complexity index is 915. The topological polar surface area (TPSA) is 51.7 Å². The van der Waals surface area contributed by atoms with E-state index in [-0.39, 0.29) is 11.7 Å². The number of carbonyl (C=O) groups is 1. The third-order valence-electron chi connectivity index (χ3n) is 6.36. The lowest BCUT2D eigenvalue weighted by atomic mass is 9.78. The van der Waals surface area contributed by atoms with Gasteiger partial charge in [0.1, 0.15) is 5.60 Å². The number of amides is 1. The number of ether oxygens (including phenoxy) is 1. The van der Waals surface area contributed by atoms with Crippen LogP contribution in [0.5, 0.6) is 0 Å². The van der Waals surface area contributed by atoms with Crippen LogP contribution in [0.25, 0.3) is 15.9 Å². The van der Waals surface area contributed by atoms with Crippen LogP contribution in [0.1, 0.15) is 46.0 Å². The summed E-state index contributed by atoms with van der Waals surface area (Å²) in [5.41, 5.74) is 2.24. The van der Waals surface area contributed by atoms with Crippen LogP contribution in [0.4, 0.5) is 10.5 Å². The van der Waals surface area contributed by atoms with E-state index in [1.807, 2.05) is 29.4 Å². The maximum absolute atomic E-state index is 12.4. The van der Waals surface area contributed by atoms with E-state index >= 15 is 0 Å². The minimum atomic E-state index is -0.328. The highest BCUT2D eigenvalue weighted by molar-refractivity contribution is 5.79. The van der Waals surface area contributed by atoms with E-state index in [9.17, 15) is 4.79 Å². The molecule has 2 aromatic rings. The Morgan fingerprint density at radius 1 is 1.46 bits per heavy atom. The molecule has 6 heteroatoms. The highest BCUT2D eigenvalue weighted by atomic mass is 16.6. The first-order valence-electron chi connectivity index (χ1n) is 10.3. The number of hydrogen-bond donors (Lipinski definition) is 0. The summed E-state index contributed by atoms with van der Waals surface area (Å²) >= 11 is 0. The van der Waals surface area contributed by atoms with E-state index in [1.54, 1.807) is 0 Å². The van der Waals surface area contributed by atoms with Gasteiger partial charge in [-0.25, -0.2) is 14.6 Å². The summed E-state index contributed by atoms with van der Waals surface area (Å²) in [5, 5.41) is 0. The van der Waals surface area contributed by atoms with Gasteiger partial charge < -0.3 is 14.2 Å². The molecular weight excluding hydrogens is 352 g/mol. The first-order valence-corrected chi connectivity index (χ1v) is 10.3. The van der Waals surface area contributed by atoms with E-state index in [4.69, 9.17) is 11.3 Å². The van der Waals surface area contributed by atoms with Crippen LogP contribution >= 0.6 is 0 Å². The van der Waals surface area contributed by atoms with Crippen molar-refractivity contribution in [1.29, 1.82) is 0 Å². The van der Waals surface area contributed by atoms with Gasteiger partial charge in [0, 0.05) is 13.1 Å². The summed E-state index contributed by atoms with van der Waals surface area (Å²) in [6.07, 6.45) is 6.86. The zero-order chi connectivity index (χ0) is 19.7. The lowest BCUT2D eigenvalue weighted by Crippen LogP contribution is -2.41. The van der Waals surface area contributed by atoms with Crippen molar-refractivity contribution in [2.24, 2.45) is 11.8 Å². The van der Waals surface area contributed by atoms with E-state index in [2.05, 4.69) is 28.2 Å². The Kier molecular flexibility index (Phi) is 5.01. The van der Waals surface area contributed by atoms with Crippen LogP contribution in [-0.4, -0.2) is 39.2 Å². The minimum absolute atomic E-state index is 0.143. The van der Waals surface area contributed by atoms with Crippen LogP contribution in [0.2, 0.25) is 0 Å². The molecule has 2 heterocycles. The van der Waals surface area contributed by atoms with Gasteiger partial charge >= 0.3 is 6.09 Å². The van der Waals surface area contributed by atoms with Crippen molar-refractivity contribution in [3.63, 3.8) is 0 Å². The molecule has 2 aliphatic rings. The van der Waals surface area contributed by atoms with Crippen molar-refractivity contribution < 1.29 is 9.53 Å². The number of fused-ring (bicyclic) bond motifs is 1. The fourth-order valence-corrected chi connectivity index (χ4v) is 4.71. The summed E-state index contributed by atoms with van der Waals surface area (Å²) in [6, 6.07) is 5.64. The maximum Gasteiger partial charge on any atom is 0.410 e. The van der Waals surface area contributed by atoms with Crippen LogP contribution < -0.4 is 0 Å². The summed E-state index contributed by atoms with van der Waals surface area (Å²) in [5.74, 6) is 0.940. The van der Waals surface area contributed by atoms with Gasteiger partial charge in [0.25, 0.3) is 0 Å².